The second-order valence-electron chi connectivity index (χ2n) is 4.60. The van der Waals surface area contributed by atoms with Crippen molar-refractivity contribution in [2.75, 3.05) is 0 Å². The standard InChI is InChI=1S/C13H15N3O3S/c1-6-11(20-9(4)15-6)7(2)16-12(18)10(8(3)17)5-14-13(16)19/h5,7H,1-4H3,(H,14,19). The van der Waals surface area contributed by atoms with Crippen LogP contribution in [0.2, 0.25) is 0 Å². The third kappa shape index (κ3) is 2.36. The number of nitrogens with zero attached hydrogens (tertiary/aromatic N) is 2. The van der Waals surface area contributed by atoms with E-state index in [1.54, 1.807) is 6.92 Å². The van der Waals surface area contributed by atoms with Gasteiger partial charge in [0.1, 0.15) is 0 Å². The maximum Gasteiger partial charge on any atom is 0.328 e. The van der Waals surface area contributed by atoms with E-state index in [4.69, 9.17) is 0 Å². The Kier molecular flexibility index (Phi) is 3.71. The molecule has 0 aliphatic heterocycles. The highest BCUT2D eigenvalue weighted by Gasteiger charge is 2.20. The number of H-pyrrole nitrogens is 1. The summed E-state index contributed by atoms with van der Waals surface area (Å²) in [5.41, 5.74) is -0.327. The molecule has 0 aromatic carbocycles. The van der Waals surface area contributed by atoms with Crippen LogP contribution in [0.5, 0.6) is 0 Å². The van der Waals surface area contributed by atoms with Crippen molar-refractivity contribution in [1.29, 1.82) is 0 Å². The number of rotatable bonds is 3. The molecule has 2 heterocycles. The first kappa shape index (κ1) is 14.4. The molecular weight excluding hydrogens is 278 g/mol. The number of hydrogen-bond donors (Lipinski definition) is 1. The molecule has 1 unspecified atom stereocenters. The molecule has 20 heavy (non-hydrogen) atoms. The van der Waals surface area contributed by atoms with E-state index in [0.29, 0.717) is 0 Å². The van der Waals surface area contributed by atoms with Gasteiger partial charge in [-0.2, -0.15) is 0 Å². The summed E-state index contributed by atoms with van der Waals surface area (Å²) in [5, 5.41) is 0.872. The van der Waals surface area contributed by atoms with Crippen LogP contribution in [0.4, 0.5) is 0 Å². The molecule has 106 valence electrons. The van der Waals surface area contributed by atoms with Crippen molar-refractivity contribution in [3.8, 4) is 0 Å². The molecule has 0 saturated carbocycles. The van der Waals surface area contributed by atoms with Gasteiger partial charge < -0.3 is 4.98 Å². The minimum atomic E-state index is -0.570. The monoisotopic (exact) mass is 293 g/mol. The Morgan fingerprint density at radius 3 is 2.55 bits per heavy atom. The first-order chi connectivity index (χ1) is 9.32. The number of carbonyl (C=O) groups excluding carboxylic acids is 1. The third-order valence-corrected chi connectivity index (χ3v) is 4.34. The predicted molar refractivity (Wildman–Crippen MR) is 76.7 cm³/mol. The number of ketones is 1. The molecular formula is C13H15N3O3S. The summed E-state index contributed by atoms with van der Waals surface area (Å²) < 4.78 is 1.07. The van der Waals surface area contributed by atoms with E-state index in [-0.39, 0.29) is 11.3 Å². The Labute approximate surface area is 119 Å². The SMILES string of the molecule is CC(=O)c1c[nH]c(=O)n(C(C)c2sc(C)nc2C)c1=O. The number of carbonyl (C=O) groups is 1. The van der Waals surface area contributed by atoms with Crippen LogP contribution in [0, 0.1) is 13.8 Å². The van der Waals surface area contributed by atoms with E-state index >= 15 is 0 Å². The predicted octanol–water partition coefficient (Wildman–Crippen LogP) is 1.42. The molecule has 2 aromatic rings. The van der Waals surface area contributed by atoms with Crippen molar-refractivity contribution >= 4 is 17.1 Å². The van der Waals surface area contributed by atoms with Crippen LogP contribution in [0.1, 0.15) is 45.8 Å². The van der Waals surface area contributed by atoms with Gasteiger partial charge in [-0.15, -0.1) is 11.3 Å². The number of nitrogens with one attached hydrogen (secondary N) is 1. The topological polar surface area (TPSA) is 84.8 Å². The quantitative estimate of drug-likeness (QED) is 0.867. The van der Waals surface area contributed by atoms with Gasteiger partial charge in [0.25, 0.3) is 5.56 Å². The minimum Gasteiger partial charge on any atom is -0.313 e. The van der Waals surface area contributed by atoms with Crippen LogP contribution in [0.25, 0.3) is 0 Å². The Morgan fingerprint density at radius 1 is 1.40 bits per heavy atom. The highest BCUT2D eigenvalue weighted by molar-refractivity contribution is 7.11. The molecule has 0 radical (unpaired) electrons. The zero-order chi connectivity index (χ0) is 15.0. The Bertz CT molecular complexity index is 785. The van der Waals surface area contributed by atoms with E-state index in [0.717, 1.165) is 20.1 Å². The minimum absolute atomic E-state index is 0.0182. The zero-order valence-electron chi connectivity index (χ0n) is 11.7. The average Bonchev–Trinajstić information content (AvgIpc) is 2.67. The summed E-state index contributed by atoms with van der Waals surface area (Å²) in [5.74, 6) is -0.371. The smallest absolute Gasteiger partial charge is 0.313 e. The molecule has 6 nitrogen and oxygen atoms in total. The van der Waals surface area contributed by atoms with Gasteiger partial charge in [0.2, 0.25) is 0 Å². The van der Waals surface area contributed by atoms with Crippen LogP contribution in [-0.4, -0.2) is 20.3 Å². The summed E-state index contributed by atoms with van der Waals surface area (Å²) in [4.78, 5) is 43.2. The number of hydrogen-bond acceptors (Lipinski definition) is 5. The summed E-state index contributed by atoms with van der Waals surface area (Å²) >= 11 is 1.44. The van der Waals surface area contributed by atoms with Gasteiger partial charge in [0, 0.05) is 6.20 Å². The summed E-state index contributed by atoms with van der Waals surface area (Å²) in [6, 6.07) is -0.461. The Morgan fingerprint density at radius 2 is 2.05 bits per heavy atom. The van der Waals surface area contributed by atoms with E-state index in [1.807, 2.05) is 13.8 Å². The van der Waals surface area contributed by atoms with Crippen molar-refractivity contribution in [3.05, 3.63) is 48.2 Å². The van der Waals surface area contributed by atoms with Crippen LogP contribution in [0.15, 0.2) is 15.8 Å². The van der Waals surface area contributed by atoms with Gasteiger partial charge in [-0.25, -0.2) is 9.78 Å². The Hall–Kier alpha value is -2.02. The lowest BCUT2D eigenvalue weighted by Crippen LogP contribution is -2.39. The molecule has 2 rings (SSSR count). The molecule has 7 heteroatoms. The van der Waals surface area contributed by atoms with E-state index in [9.17, 15) is 14.4 Å². The molecule has 0 bridgehead atoms. The van der Waals surface area contributed by atoms with Crippen LogP contribution in [0.3, 0.4) is 0 Å². The lowest BCUT2D eigenvalue weighted by atomic mass is 10.2. The van der Waals surface area contributed by atoms with Gasteiger partial charge >= 0.3 is 5.69 Å². The molecule has 1 atom stereocenters. The normalized spacial score (nSPS) is 12.4. The van der Waals surface area contributed by atoms with Crippen LogP contribution >= 0.6 is 11.3 Å². The fourth-order valence-corrected chi connectivity index (χ4v) is 3.11. The number of aromatic nitrogens is 3. The van der Waals surface area contributed by atoms with Gasteiger partial charge in [-0.3, -0.25) is 14.2 Å². The maximum atomic E-state index is 12.3. The number of aromatic amines is 1. The number of aryl methyl sites for hydroxylation is 2. The second kappa shape index (κ2) is 5.16. The fraction of sp³-hybridized carbons (Fsp3) is 0.385. The van der Waals surface area contributed by atoms with Crippen molar-refractivity contribution in [2.45, 2.75) is 33.7 Å². The lowest BCUT2D eigenvalue weighted by Gasteiger charge is -2.13. The first-order valence-electron chi connectivity index (χ1n) is 6.12. The molecule has 2 aromatic heterocycles. The number of Topliss-reactive ketones (excluding diaryl/α,β-unsaturated/α-hetero) is 1. The highest BCUT2D eigenvalue weighted by atomic mass is 32.1. The summed E-state index contributed by atoms with van der Waals surface area (Å²) in [6.45, 7) is 6.75. The van der Waals surface area contributed by atoms with Gasteiger partial charge in [-0.1, -0.05) is 0 Å². The van der Waals surface area contributed by atoms with Crippen LogP contribution < -0.4 is 11.2 Å². The fourth-order valence-electron chi connectivity index (χ4n) is 2.14. The third-order valence-electron chi connectivity index (χ3n) is 3.09. The summed E-state index contributed by atoms with van der Waals surface area (Å²) in [6.07, 6.45) is 1.17. The molecule has 1 N–H and O–H groups in total. The Balaban J connectivity index is 2.66. The van der Waals surface area contributed by atoms with Gasteiger partial charge in [0.15, 0.2) is 5.78 Å². The highest BCUT2D eigenvalue weighted by Crippen LogP contribution is 2.25. The van der Waals surface area contributed by atoms with Crippen molar-refractivity contribution in [3.63, 3.8) is 0 Å². The van der Waals surface area contributed by atoms with Crippen molar-refractivity contribution < 1.29 is 4.79 Å². The zero-order valence-corrected chi connectivity index (χ0v) is 12.5. The molecule has 0 aliphatic carbocycles. The van der Waals surface area contributed by atoms with E-state index < -0.39 is 17.3 Å². The van der Waals surface area contributed by atoms with Crippen molar-refractivity contribution in [2.24, 2.45) is 0 Å². The van der Waals surface area contributed by atoms with E-state index in [1.165, 1.54) is 24.5 Å². The van der Waals surface area contributed by atoms with Crippen LogP contribution in [-0.2, 0) is 0 Å². The molecule has 0 fully saturated rings. The van der Waals surface area contributed by atoms with Gasteiger partial charge in [0.05, 0.1) is 27.2 Å². The van der Waals surface area contributed by atoms with E-state index in [2.05, 4.69) is 9.97 Å². The van der Waals surface area contributed by atoms with Crippen molar-refractivity contribution in [1.82, 2.24) is 14.5 Å². The molecule has 0 amide bonds. The second-order valence-corrected chi connectivity index (χ2v) is 5.83. The van der Waals surface area contributed by atoms with Gasteiger partial charge in [-0.05, 0) is 27.7 Å². The number of thiazole rings is 1. The summed E-state index contributed by atoms with van der Waals surface area (Å²) in [7, 11) is 0. The molecule has 0 saturated heterocycles. The maximum absolute atomic E-state index is 12.3. The molecule has 0 spiro atoms. The average molecular weight is 293 g/mol. The largest absolute Gasteiger partial charge is 0.328 e. The molecule has 0 aliphatic rings. The first-order valence-corrected chi connectivity index (χ1v) is 6.93. The lowest BCUT2D eigenvalue weighted by molar-refractivity contribution is 0.101.